The molecule has 0 aliphatic heterocycles. The number of hydrogen-bond acceptors (Lipinski definition) is 2. The maximum atomic E-state index is 5.35. The average molecular weight is 208 g/mol. The molecule has 2 aromatic rings. The lowest BCUT2D eigenvalue weighted by Crippen LogP contribution is -1.95. The van der Waals surface area contributed by atoms with Crippen LogP contribution >= 0.6 is 0 Å². The minimum atomic E-state index is 0.0600. The Morgan fingerprint density at radius 2 is 1.75 bits per heavy atom. The van der Waals surface area contributed by atoms with Crippen LogP contribution in [0, 0.1) is 12.3 Å². The summed E-state index contributed by atoms with van der Waals surface area (Å²) in [6, 6.07) is 9.88. The summed E-state index contributed by atoms with van der Waals surface area (Å²) < 4.78 is 0. The molecule has 0 N–H and O–H groups in total. The largest absolute Gasteiger partial charge is 0.236 e. The number of aromatic nitrogens is 2. The zero-order valence-electron chi connectivity index (χ0n) is 9.09. The van der Waals surface area contributed by atoms with Gasteiger partial charge in [-0.2, -0.15) is 0 Å². The Bertz CT molecular complexity index is 495. The van der Waals surface area contributed by atoms with E-state index in [2.05, 4.69) is 15.9 Å². The Balaban J connectivity index is 2.31. The normalized spacial score (nSPS) is 11.8. The van der Waals surface area contributed by atoms with Crippen molar-refractivity contribution in [3.8, 4) is 23.7 Å². The van der Waals surface area contributed by atoms with Crippen molar-refractivity contribution in [1.82, 2.24) is 9.97 Å². The monoisotopic (exact) mass is 208 g/mol. The van der Waals surface area contributed by atoms with Gasteiger partial charge in [-0.25, -0.2) is 9.97 Å². The van der Waals surface area contributed by atoms with Gasteiger partial charge in [0, 0.05) is 29.4 Å². The number of hydrogen-bond donors (Lipinski definition) is 0. The first-order valence-electron chi connectivity index (χ1n) is 5.15. The van der Waals surface area contributed by atoms with Crippen molar-refractivity contribution in [3.05, 3.63) is 48.3 Å². The summed E-state index contributed by atoms with van der Waals surface area (Å²) in [6.45, 7) is 1.96. The predicted molar refractivity (Wildman–Crippen MR) is 64.7 cm³/mol. The Morgan fingerprint density at radius 3 is 2.31 bits per heavy atom. The van der Waals surface area contributed by atoms with Gasteiger partial charge in [-0.1, -0.05) is 36.3 Å². The quantitative estimate of drug-likeness (QED) is 0.709. The number of terminal acetylenes is 1. The van der Waals surface area contributed by atoms with Crippen LogP contribution in [0.4, 0.5) is 0 Å². The van der Waals surface area contributed by atoms with Crippen molar-refractivity contribution in [1.29, 1.82) is 0 Å². The lowest BCUT2D eigenvalue weighted by molar-refractivity contribution is 0.963. The van der Waals surface area contributed by atoms with Gasteiger partial charge < -0.3 is 0 Å². The van der Waals surface area contributed by atoms with E-state index in [1.165, 1.54) is 0 Å². The summed E-state index contributed by atoms with van der Waals surface area (Å²) in [6.07, 6.45) is 8.93. The van der Waals surface area contributed by atoms with Crippen LogP contribution in [0.1, 0.15) is 18.4 Å². The van der Waals surface area contributed by atoms with E-state index in [9.17, 15) is 0 Å². The van der Waals surface area contributed by atoms with Crippen LogP contribution in [0.25, 0.3) is 11.4 Å². The first-order chi connectivity index (χ1) is 7.81. The molecule has 2 heteroatoms. The van der Waals surface area contributed by atoms with E-state index in [1.54, 1.807) is 12.4 Å². The Hall–Kier alpha value is -2.14. The molecular weight excluding hydrogens is 196 g/mol. The molecule has 78 valence electrons. The van der Waals surface area contributed by atoms with E-state index in [1.807, 2.05) is 37.3 Å². The minimum absolute atomic E-state index is 0.0600. The molecule has 2 nitrogen and oxygen atoms in total. The van der Waals surface area contributed by atoms with Crippen molar-refractivity contribution < 1.29 is 0 Å². The van der Waals surface area contributed by atoms with Crippen LogP contribution in [0.2, 0.25) is 0 Å². The second-order valence-corrected chi connectivity index (χ2v) is 3.59. The van der Waals surface area contributed by atoms with Crippen LogP contribution < -0.4 is 0 Å². The molecule has 2 rings (SSSR count). The number of benzene rings is 1. The third kappa shape index (κ3) is 2.09. The Labute approximate surface area is 95.4 Å². The van der Waals surface area contributed by atoms with Crippen LogP contribution in [0.5, 0.6) is 0 Å². The van der Waals surface area contributed by atoms with Crippen molar-refractivity contribution in [2.24, 2.45) is 0 Å². The smallest absolute Gasteiger partial charge is 0.159 e. The van der Waals surface area contributed by atoms with E-state index < -0.39 is 0 Å². The van der Waals surface area contributed by atoms with Crippen molar-refractivity contribution in [2.75, 3.05) is 0 Å². The lowest BCUT2D eigenvalue weighted by Gasteiger charge is -2.04. The van der Waals surface area contributed by atoms with Crippen molar-refractivity contribution in [2.45, 2.75) is 12.8 Å². The first kappa shape index (κ1) is 10.4. The van der Waals surface area contributed by atoms with Crippen LogP contribution in [-0.2, 0) is 0 Å². The molecule has 0 spiro atoms. The summed E-state index contributed by atoms with van der Waals surface area (Å²) in [4.78, 5) is 8.62. The molecule has 1 aromatic heterocycles. The SMILES string of the molecule is C#CC(C)c1cnc(-c2ccccc2)nc1. The first-order valence-corrected chi connectivity index (χ1v) is 5.15. The van der Waals surface area contributed by atoms with Crippen LogP contribution in [0.15, 0.2) is 42.7 Å². The van der Waals surface area contributed by atoms with Gasteiger partial charge in [0.1, 0.15) is 0 Å². The third-order valence-electron chi connectivity index (χ3n) is 2.45. The molecule has 16 heavy (non-hydrogen) atoms. The van der Waals surface area contributed by atoms with Crippen LogP contribution in [0.3, 0.4) is 0 Å². The fraction of sp³-hybridized carbons (Fsp3) is 0.143. The van der Waals surface area contributed by atoms with Gasteiger partial charge in [0.2, 0.25) is 0 Å². The Morgan fingerprint density at radius 1 is 1.12 bits per heavy atom. The standard InChI is InChI=1S/C14H12N2/c1-3-11(2)13-9-15-14(16-10-13)12-7-5-4-6-8-12/h1,4-11H,2H3. The zero-order valence-corrected chi connectivity index (χ0v) is 9.09. The molecule has 1 atom stereocenters. The molecule has 0 bridgehead atoms. The van der Waals surface area contributed by atoms with Gasteiger partial charge in [-0.3, -0.25) is 0 Å². The highest BCUT2D eigenvalue weighted by Gasteiger charge is 2.04. The minimum Gasteiger partial charge on any atom is -0.236 e. The van der Waals surface area contributed by atoms with E-state index in [4.69, 9.17) is 6.42 Å². The van der Waals surface area contributed by atoms with Gasteiger partial charge >= 0.3 is 0 Å². The summed E-state index contributed by atoms with van der Waals surface area (Å²) in [7, 11) is 0. The molecule has 0 saturated carbocycles. The average Bonchev–Trinajstić information content (AvgIpc) is 2.39. The summed E-state index contributed by atoms with van der Waals surface area (Å²) in [5, 5.41) is 0. The highest BCUT2D eigenvalue weighted by Crippen LogP contribution is 2.16. The second kappa shape index (κ2) is 4.59. The second-order valence-electron chi connectivity index (χ2n) is 3.59. The predicted octanol–water partition coefficient (Wildman–Crippen LogP) is 2.88. The van der Waals surface area contributed by atoms with E-state index in [-0.39, 0.29) is 5.92 Å². The highest BCUT2D eigenvalue weighted by atomic mass is 14.9. The molecular formula is C14H12N2. The fourth-order valence-electron chi connectivity index (χ4n) is 1.39. The molecule has 0 radical (unpaired) electrons. The molecule has 0 amide bonds. The van der Waals surface area contributed by atoms with Gasteiger partial charge in [0.25, 0.3) is 0 Å². The number of rotatable bonds is 2. The molecule has 0 fully saturated rings. The molecule has 1 aromatic carbocycles. The molecule has 0 saturated heterocycles. The third-order valence-corrected chi connectivity index (χ3v) is 2.45. The highest BCUT2D eigenvalue weighted by molar-refractivity contribution is 5.54. The summed E-state index contributed by atoms with van der Waals surface area (Å²) in [5.74, 6) is 3.45. The molecule has 0 aliphatic carbocycles. The van der Waals surface area contributed by atoms with E-state index in [0.29, 0.717) is 0 Å². The lowest BCUT2D eigenvalue weighted by atomic mass is 10.1. The number of nitrogens with zero attached hydrogens (tertiary/aromatic N) is 2. The van der Waals surface area contributed by atoms with Gasteiger partial charge in [-0.15, -0.1) is 6.42 Å². The summed E-state index contributed by atoms with van der Waals surface area (Å²) in [5.41, 5.74) is 1.99. The van der Waals surface area contributed by atoms with E-state index in [0.717, 1.165) is 17.0 Å². The van der Waals surface area contributed by atoms with Crippen LogP contribution in [-0.4, -0.2) is 9.97 Å². The molecule has 1 heterocycles. The van der Waals surface area contributed by atoms with Gasteiger partial charge in [0.05, 0.1) is 0 Å². The summed E-state index contributed by atoms with van der Waals surface area (Å²) >= 11 is 0. The van der Waals surface area contributed by atoms with Crippen molar-refractivity contribution in [3.63, 3.8) is 0 Å². The Kier molecular flexibility index (Phi) is 2.98. The maximum absolute atomic E-state index is 5.35. The molecule has 1 unspecified atom stereocenters. The van der Waals surface area contributed by atoms with E-state index >= 15 is 0 Å². The topological polar surface area (TPSA) is 25.8 Å². The zero-order chi connectivity index (χ0) is 11.4. The molecule has 0 aliphatic rings. The fourth-order valence-corrected chi connectivity index (χ4v) is 1.39. The van der Waals surface area contributed by atoms with Crippen molar-refractivity contribution >= 4 is 0 Å². The van der Waals surface area contributed by atoms with Gasteiger partial charge in [-0.05, 0) is 6.92 Å². The van der Waals surface area contributed by atoms with Gasteiger partial charge in [0.15, 0.2) is 5.82 Å². The maximum Gasteiger partial charge on any atom is 0.159 e.